The van der Waals surface area contributed by atoms with Crippen LogP contribution in [0.2, 0.25) is 0 Å². The van der Waals surface area contributed by atoms with Crippen LogP contribution < -0.4 is 10.1 Å². The van der Waals surface area contributed by atoms with Gasteiger partial charge < -0.3 is 10.1 Å². The lowest BCUT2D eigenvalue weighted by Crippen LogP contribution is -2.30. The Morgan fingerprint density at radius 3 is 2.95 bits per heavy atom. The number of rotatable bonds is 5. The average molecular weight is 327 g/mol. The van der Waals surface area contributed by atoms with Crippen molar-refractivity contribution in [3.8, 4) is 5.88 Å². The third kappa shape index (κ3) is 3.93. The van der Waals surface area contributed by atoms with E-state index in [4.69, 9.17) is 4.74 Å². The van der Waals surface area contributed by atoms with Crippen molar-refractivity contribution in [2.24, 2.45) is 5.92 Å². The molecule has 106 valence electrons. The minimum atomic E-state index is 0.336. The second kappa shape index (κ2) is 7.25. The van der Waals surface area contributed by atoms with Crippen LogP contribution in [-0.4, -0.2) is 18.1 Å². The maximum atomic E-state index is 6.23. The van der Waals surface area contributed by atoms with Gasteiger partial charge in [-0.25, -0.2) is 4.98 Å². The number of nitrogens with zero attached hydrogens (tertiary/aromatic N) is 1. The van der Waals surface area contributed by atoms with Crippen LogP contribution in [0.3, 0.4) is 0 Å². The van der Waals surface area contributed by atoms with Gasteiger partial charge in [0.25, 0.3) is 0 Å². The molecule has 1 N–H and O–H groups in total. The normalized spacial score (nSPS) is 23.3. The molecule has 1 aliphatic rings. The monoisotopic (exact) mass is 326 g/mol. The molecular formula is C15H23BrN2O. The highest BCUT2D eigenvalue weighted by Crippen LogP contribution is 2.31. The molecular weight excluding hydrogens is 304 g/mol. The van der Waals surface area contributed by atoms with E-state index in [2.05, 4.69) is 39.2 Å². The number of nitrogens with one attached hydrogen (secondary N) is 1. The van der Waals surface area contributed by atoms with Gasteiger partial charge in [-0.05, 0) is 60.6 Å². The standard InChI is InChI=1S/C15H23BrN2O/c1-3-11-6-4-5-7-14(11)19-15-12(9-17-2)8-13(16)10-18-15/h8,10-11,14,17H,3-7,9H2,1-2H3. The fourth-order valence-electron chi connectivity index (χ4n) is 2.83. The van der Waals surface area contributed by atoms with Gasteiger partial charge in [-0.15, -0.1) is 0 Å². The van der Waals surface area contributed by atoms with Crippen LogP contribution in [0.1, 0.15) is 44.6 Å². The van der Waals surface area contributed by atoms with E-state index >= 15 is 0 Å². The van der Waals surface area contributed by atoms with Crippen LogP contribution in [0.15, 0.2) is 16.7 Å². The van der Waals surface area contributed by atoms with Crippen molar-refractivity contribution < 1.29 is 4.74 Å². The predicted octanol–water partition coefficient (Wildman–Crippen LogP) is 3.91. The molecule has 0 aliphatic heterocycles. The molecule has 2 atom stereocenters. The van der Waals surface area contributed by atoms with Gasteiger partial charge in [0.2, 0.25) is 5.88 Å². The van der Waals surface area contributed by atoms with Crippen LogP contribution in [0.4, 0.5) is 0 Å². The van der Waals surface area contributed by atoms with E-state index in [0.29, 0.717) is 12.0 Å². The van der Waals surface area contributed by atoms with Crippen molar-refractivity contribution in [2.75, 3.05) is 7.05 Å². The first-order valence-corrected chi connectivity index (χ1v) is 7.99. The van der Waals surface area contributed by atoms with E-state index in [-0.39, 0.29) is 0 Å². The second-order valence-corrected chi connectivity index (χ2v) is 6.17. The molecule has 1 aromatic heterocycles. The van der Waals surface area contributed by atoms with Gasteiger partial charge in [0.15, 0.2) is 0 Å². The molecule has 1 aromatic rings. The quantitative estimate of drug-likeness (QED) is 0.890. The molecule has 0 amide bonds. The van der Waals surface area contributed by atoms with Crippen LogP contribution in [-0.2, 0) is 6.54 Å². The van der Waals surface area contributed by atoms with E-state index in [0.717, 1.165) is 28.9 Å². The molecule has 0 radical (unpaired) electrons. The Morgan fingerprint density at radius 1 is 1.42 bits per heavy atom. The second-order valence-electron chi connectivity index (χ2n) is 5.26. The average Bonchev–Trinajstić information content (AvgIpc) is 2.43. The predicted molar refractivity (Wildman–Crippen MR) is 81.4 cm³/mol. The molecule has 1 saturated carbocycles. The van der Waals surface area contributed by atoms with Gasteiger partial charge in [0, 0.05) is 22.8 Å². The summed E-state index contributed by atoms with van der Waals surface area (Å²) in [4.78, 5) is 4.45. The van der Waals surface area contributed by atoms with E-state index in [1.165, 1.54) is 25.7 Å². The molecule has 2 unspecified atom stereocenters. The highest BCUT2D eigenvalue weighted by Gasteiger charge is 2.26. The lowest BCUT2D eigenvalue weighted by Gasteiger charge is -2.31. The summed E-state index contributed by atoms with van der Waals surface area (Å²) >= 11 is 3.47. The van der Waals surface area contributed by atoms with Crippen LogP contribution in [0.25, 0.3) is 0 Å². The first-order chi connectivity index (χ1) is 9.24. The smallest absolute Gasteiger partial charge is 0.218 e. The van der Waals surface area contributed by atoms with E-state index in [1.807, 2.05) is 13.2 Å². The summed E-state index contributed by atoms with van der Waals surface area (Å²) in [5.41, 5.74) is 1.12. The van der Waals surface area contributed by atoms with Crippen LogP contribution >= 0.6 is 15.9 Å². The molecule has 1 aliphatic carbocycles. The van der Waals surface area contributed by atoms with E-state index < -0.39 is 0 Å². The first kappa shape index (κ1) is 14.8. The molecule has 2 rings (SSSR count). The molecule has 0 aromatic carbocycles. The summed E-state index contributed by atoms with van der Waals surface area (Å²) in [6.45, 7) is 3.04. The molecule has 4 heteroatoms. The molecule has 0 spiro atoms. The molecule has 0 bridgehead atoms. The third-order valence-corrected chi connectivity index (χ3v) is 4.32. The number of pyridine rings is 1. The highest BCUT2D eigenvalue weighted by molar-refractivity contribution is 9.10. The maximum Gasteiger partial charge on any atom is 0.218 e. The Labute approximate surface area is 124 Å². The molecule has 19 heavy (non-hydrogen) atoms. The van der Waals surface area contributed by atoms with Crippen LogP contribution in [0.5, 0.6) is 5.88 Å². The zero-order chi connectivity index (χ0) is 13.7. The fraction of sp³-hybridized carbons (Fsp3) is 0.667. The van der Waals surface area contributed by atoms with Gasteiger partial charge in [0.1, 0.15) is 6.10 Å². The van der Waals surface area contributed by atoms with Gasteiger partial charge in [-0.2, -0.15) is 0 Å². The molecule has 1 fully saturated rings. The van der Waals surface area contributed by atoms with Gasteiger partial charge in [0.05, 0.1) is 0 Å². The minimum absolute atomic E-state index is 0.336. The van der Waals surface area contributed by atoms with Crippen molar-refractivity contribution in [3.63, 3.8) is 0 Å². The number of hydrogen-bond acceptors (Lipinski definition) is 3. The summed E-state index contributed by atoms with van der Waals surface area (Å²) in [6, 6.07) is 2.09. The van der Waals surface area contributed by atoms with E-state index in [9.17, 15) is 0 Å². The first-order valence-electron chi connectivity index (χ1n) is 7.20. The van der Waals surface area contributed by atoms with Crippen molar-refractivity contribution in [3.05, 3.63) is 22.3 Å². The molecule has 1 heterocycles. The Hall–Kier alpha value is -0.610. The zero-order valence-corrected chi connectivity index (χ0v) is 13.4. The Bertz CT molecular complexity index is 411. The molecule has 0 saturated heterocycles. The molecule has 3 nitrogen and oxygen atoms in total. The summed E-state index contributed by atoms with van der Waals surface area (Å²) < 4.78 is 7.23. The topological polar surface area (TPSA) is 34.1 Å². The summed E-state index contributed by atoms with van der Waals surface area (Å²) in [5, 5.41) is 3.17. The zero-order valence-electron chi connectivity index (χ0n) is 11.8. The summed E-state index contributed by atoms with van der Waals surface area (Å²) in [7, 11) is 1.94. The van der Waals surface area contributed by atoms with Crippen molar-refractivity contribution in [1.82, 2.24) is 10.3 Å². The van der Waals surface area contributed by atoms with Gasteiger partial charge in [-0.3, -0.25) is 0 Å². The Balaban J connectivity index is 2.12. The van der Waals surface area contributed by atoms with Gasteiger partial charge >= 0.3 is 0 Å². The Morgan fingerprint density at radius 2 is 2.21 bits per heavy atom. The maximum absolute atomic E-state index is 6.23. The fourth-order valence-corrected chi connectivity index (χ4v) is 3.21. The van der Waals surface area contributed by atoms with Crippen LogP contribution in [0, 0.1) is 5.92 Å². The number of halogens is 1. The largest absolute Gasteiger partial charge is 0.474 e. The van der Waals surface area contributed by atoms with Crippen molar-refractivity contribution >= 4 is 15.9 Å². The number of ether oxygens (including phenoxy) is 1. The minimum Gasteiger partial charge on any atom is -0.474 e. The number of hydrogen-bond donors (Lipinski definition) is 1. The highest BCUT2D eigenvalue weighted by atomic mass is 79.9. The summed E-state index contributed by atoms with van der Waals surface area (Å²) in [6.07, 6.45) is 8.42. The number of aromatic nitrogens is 1. The lowest BCUT2D eigenvalue weighted by molar-refractivity contribution is 0.0846. The summed E-state index contributed by atoms with van der Waals surface area (Å²) in [5.74, 6) is 1.48. The van der Waals surface area contributed by atoms with Crippen molar-refractivity contribution in [2.45, 2.75) is 51.7 Å². The lowest BCUT2D eigenvalue weighted by atomic mass is 9.85. The van der Waals surface area contributed by atoms with Gasteiger partial charge in [-0.1, -0.05) is 13.3 Å². The van der Waals surface area contributed by atoms with E-state index in [1.54, 1.807) is 0 Å². The SMILES string of the molecule is CCC1CCCCC1Oc1ncc(Br)cc1CNC. The third-order valence-electron chi connectivity index (χ3n) is 3.89. The Kier molecular flexibility index (Phi) is 5.64. The van der Waals surface area contributed by atoms with Crippen molar-refractivity contribution in [1.29, 1.82) is 0 Å².